The molecule has 0 radical (unpaired) electrons. The topological polar surface area (TPSA) is 63.6 Å². The Hall–Kier alpha value is -1.46. The van der Waals surface area contributed by atoms with Crippen molar-refractivity contribution in [2.75, 3.05) is 7.11 Å². The third kappa shape index (κ3) is 2.58. The molecule has 0 bridgehead atoms. The molecule has 0 aliphatic heterocycles. The smallest absolute Gasteiger partial charge is 0.199 e. The van der Waals surface area contributed by atoms with Gasteiger partial charge in [0, 0.05) is 11.5 Å². The highest BCUT2D eigenvalue weighted by atomic mass is 35.5. The fraction of sp³-hybridized carbons (Fsp3) is 0.263. The van der Waals surface area contributed by atoms with Gasteiger partial charge in [0.05, 0.1) is 7.11 Å². The van der Waals surface area contributed by atoms with E-state index in [1.807, 2.05) is 0 Å². The molecule has 2 aliphatic rings. The number of Topliss-reactive ketones (excluding diaryl/α,β-unsaturated/α-hetero) is 2. The number of phenolic OH excluding ortho intramolecular Hbond substituents is 1. The lowest BCUT2D eigenvalue weighted by molar-refractivity contribution is -0.127. The van der Waals surface area contributed by atoms with E-state index in [9.17, 15) is 14.7 Å². The first-order valence-electron chi connectivity index (χ1n) is 7.86. The molecule has 2 aliphatic carbocycles. The Bertz CT molecular complexity index is 936. The van der Waals surface area contributed by atoms with Gasteiger partial charge in [0.25, 0.3) is 0 Å². The van der Waals surface area contributed by atoms with Crippen molar-refractivity contribution in [3.05, 3.63) is 58.1 Å². The summed E-state index contributed by atoms with van der Waals surface area (Å²) in [5.41, 5.74) is 0.775. The summed E-state index contributed by atoms with van der Waals surface area (Å²) >= 11 is 25.5. The first-order chi connectivity index (χ1) is 12.6. The number of fused-ring (bicyclic) bond motifs is 1. The molecule has 142 valence electrons. The van der Waals surface area contributed by atoms with Gasteiger partial charge in [0.2, 0.25) is 0 Å². The highest BCUT2D eigenvalue weighted by Crippen LogP contribution is 2.60. The molecule has 27 heavy (non-hydrogen) atoms. The van der Waals surface area contributed by atoms with Gasteiger partial charge in [-0.15, -0.1) is 23.2 Å². The number of para-hydroxylation sites is 1. The Morgan fingerprint density at radius 1 is 1.22 bits per heavy atom. The Morgan fingerprint density at radius 2 is 1.85 bits per heavy atom. The van der Waals surface area contributed by atoms with Crippen molar-refractivity contribution >= 4 is 58.0 Å². The van der Waals surface area contributed by atoms with E-state index in [0.717, 1.165) is 0 Å². The molecule has 1 N–H and O–H groups in total. The van der Waals surface area contributed by atoms with Crippen LogP contribution < -0.4 is 4.74 Å². The van der Waals surface area contributed by atoms with E-state index in [1.54, 1.807) is 24.3 Å². The number of hydrogen-bond acceptors (Lipinski definition) is 4. The maximum Gasteiger partial charge on any atom is 0.199 e. The van der Waals surface area contributed by atoms with Crippen LogP contribution in [-0.2, 0) is 9.59 Å². The average Bonchev–Trinajstić information content (AvgIpc) is 2.67. The van der Waals surface area contributed by atoms with Gasteiger partial charge in [0.15, 0.2) is 23.1 Å². The van der Waals surface area contributed by atoms with Crippen molar-refractivity contribution < 1.29 is 19.4 Å². The molecular weight excluding hydrogens is 434 g/mol. The predicted octanol–water partition coefficient (Wildman–Crippen LogP) is 4.80. The number of ether oxygens (including phenoxy) is 1. The Labute approximate surface area is 176 Å². The van der Waals surface area contributed by atoms with E-state index in [0.29, 0.717) is 5.57 Å². The summed E-state index contributed by atoms with van der Waals surface area (Å²) in [4.78, 5) is 22.1. The number of rotatable bonds is 3. The zero-order chi connectivity index (χ0) is 20.1. The summed E-state index contributed by atoms with van der Waals surface area (Å²) in [5.74, 6) is -2.58. The largest absolute Gasteiger partial charge is 0.504 e. The second-order valence-electron chi connectivity index (χ2n) is 6.24. The highest BCUT2D eigenvalue weighted by Gasteiger charge is 2.68. The van der Waals surface area contributed by atoms with Crippen molar-refractivity contribution in [1.82, 2.24) is 0 Å². The van der Waals surface area contributed by atoms with E-state index in [1.165, 1.54) is 13.2 Å². The second-order valence-corrected chi connectivity index (χ2v) is 8.24. The summed E-state index contributed by atoms with van der Waals surface area (Å²) in [7, 11) is 1.39. The van der Waals surface area contributed by atoms with Crippen LogP contribution in [0.2, 0.25) is 0 Å². The number of methoxy groups -OCH3 is 1. The van der Waals surface area contributed by atoms with Crippen molar-refractivity contribution in [2.45, 2.75) is 22.1 Å². The minimum Gasteiger partial charge on any atom is -0.504 e. The Morgan fingerprint density at radius 3 is 2.44 bits per heavy atom. The molecule has 4 nitrogen and oxygen atoms in total. The molecule has 0 saturated carbocycles. The molecule has 0 saturated heterocycles. The molecule has 3 rings (SSSR count). The summed E-state index contributed by atoms with van der Waals surface area (Å²) in [5, 5.41) is 9.73. The molecule has 0 fully saturated rings. The number of allylic oxidation sites excluding steroid dienone is 5. The van der Waals surface area contributed by atoms with Gasteiger partial charge in [-0.3, -0.25) is 9.59 Å². The van der Waals surface area contributed by atoms with Crippen LogP contribution in [0.5, 0.6) is 11.5 Å². The molecule has 0 aromatic heterocycles. The van der Waals surface area contributed by atoms with Gasteiger partial charge in [-0.25, -0.2) is 0 Å². The average molecular weight is 448 g/mol. The normalized spacial score (nSPS) is 30.7. The standard InChI is InChI=1S/C19H14Cl4O4/c1-3-9-7-8-18(22)16(25)13(20)14(21)17(26)19(18,23)12(9)10-5-4-6-11(27-2)15(10)24/h3-7,12,24H,1,8H2,2H3/t12-,18-,19+/m1/s1. The third-order valence-electron chi connectivity index (χ3n) is 5.01. The van der Waals surface area contributed by atoms with E-state index >= 15 is 0 Å². The number of phenols is 1. The summed E-state index contributed by atoms with van der Waals surface area (Å²) in [6.45, 7) is 3.75. The maximum absolute atomic E-state index is 13.1. The lowest BCUT2D eigenvalue weighted by atomic mass is 9.62. The molecule has 1 aromatic rings. The molecule has 0 unspecified atom stereocenters. The summed E-state index contributed by atoms with van der Waals surface area (Å²) in [6, 6.07) is 4.74. The van der Waals surface area contributed by atoms with Crippen molar-refractivity contribution in [3.63, 3.8) is 0 Å². The number of benzene rings is 1. The number of aromatic hydroxyl groups is 1. The summed E-state index contributed by atoms with van der Waals surface area (Å²) < 4.78 is 5.15. The lowest BCUT2D eigenvalue weighted by Crippen LogP contribution is -2.64. The molecule has 0 amide bonds. The van der Waals surface area contributed by atoms with Gasteiger partial charge in [-0.05, 0) is 18.1 Å². The van der Waals surface area contributed by atoms with Gasteiger partial charge in [-0.1, -0.05) is 54.1 Å². The molecule has 1 aromatic carbocycles. The van der Waals surface area contributed by atoms with Crippen LogP contribution in [0.1, 0.15) is 17.9 Å². The molecule has 3 atom stereocenters. The Kier molecular flexibility index (Phi) is 5.15. The minimum atomic E-state index is -2.01. The molecular formula is C19H14Cl4O4. The number of ketones is 2. The second kappa shape index (κ2) is 6.85. The fourth-order valence-electron chi connectivity index (χ4n) is 3.62. The molecule has 0 spiro atoms. The summed E-state index contributed by atoms with van der Waals surface area (Å²) in [6.07, 6.45) is 3.10. The third-order valence-corrected chi connectivity index (χ3v) is 7.26. The van der Waals surface area contributed by atoms with Crippen molar-refractivity contribution in [3.8, 4) is 11.5 Å². The predicted molar refractivity (Wildman–Crippen MR) is 106 cm³/mol. The lowest BCUT2D eigenvalue weighted by Gasteiger charge is -2.50. The van der Waals surface area contributed by atoms with Crippen LogP contribution in [0.4, 0.5) is 0 Å². The van der Waals surface area contributed by atoms with E-state index in [-0.39, 0.29) is 23.5 Å². The first-order valence-corrected chi connectivity index (χ1v) is 9.37. The van der Waals surface area contributed by atoms with Gasteiger partial charge in [-0.2, -0.15) is 0 Å². The van der Waals surface area contributed by atoms with Crippen LogP contribution in [-0.4, -0.2) is 33.5 Å². The monoisotopic (exact) mass is 446 g/mol. The van der Waals surface area contributed by atoms with Crippen LogP contribution in [0.25, 0.3) is 0 Å². The van der Waals surface area contributed by atoms with Crippen molar-refractivity contribution in [1.29, 1.82) is 0 Å². The number of hydrogen-bond donors (Lipinski definition) is 1. The quantitative estimate of drug-likeness (QED) is 0.676. The van der Waals surface area contributed by atoms with Crippen LogP contribution in [0.3, 0.4) is 0 Å². The molecule has 0 heterocycles. The van der Waals surface area contributed by atoms with E-state index in [2.05, 4.69) is 6.58 Å². The van der Waals surface area contributed by atoms with Gasteiger partial charge < -0.3 is 9.84 Å². The Balaban J connectivity index is 2.37. The number of carbonyl (C=O) groups excluding carboxylic acids is 2. The van der Waals surface area contributed by atoms with Gasteiger partial charge >= 0.3 is 0 Å². The molecule has 8 heteroatoms. The fourth-order valence-corrected chi connectivity index (χ4v) is 5.06. The number of alkyl halides is 2. The first kappa shape index (κ1) is 20.3. The van der Waals surface area contributed by atoms with Gasteiger partial charge in [0.1, 0.15) is 19.8 Å². The number of halogens is 4. The van der Waals surface area contributed by atoms with Crippen LogP contribution in [0.15, 0.2) is 52.6 Å². The minimum absolute atomic E-state index is 0.0500. The van der Waals surface area contributed by atoms with E-state index < -0.39 is 37.3 Å². The zero-order valence-electron chi connectivity index (χ0n) is 14.1. The number of carbonyl (C=O) groups is 2. The van der Waals surface area contributed by atoms with Crippen LogP contribution >= 0.6 is 46.4 Å². The maximum atomic E-state index is 13.1. The van der Waals surface area contributed by atoms with Crippen molar-refractivity contribution in [2.24, 2.45) is 0 Å². The highest BCUT2D eigenvalue weighted by molar-refractivity contribution is 6.66. The zero-order valence-corrected chi connectivity index (χ0v) is 17.1. The van der Waals surface area contributed by atoms with E-state index in [4.69, 9.17) is 51.1 Å². The van der Waals surface area contributed by atoms with Crippen LogP contribution in [0, 0.1) is 0 Å². The SMILES string of the molecule is C=CC1=CC[C@@]2(Cl)C(=O)C(Cl)=C(Cl)C(=O)[C@@]2(Cl)[C@H]1c1cccc(OC)c1O.